The molecule has 1 atom stereocenters. The lowest BCUT2D eigenvalue weighted by atomic mass is 9.94. The molecule has 0 radical (unpaired) electrons. The smallest absolute Gasteiger partial charge is 0.368 e. The van der Waals surface area contributed by atoms with E-state index in [9.17, 15) is 18.0 Å². The molecule has 1 aliphatic heterocycles. The van der Waals surface area contributed by atoms with Crippen LogP contribution >= 0.6 is 0 Å². The van der Waals surface area contributed by atoms with Gasteiger partial charge in [-0.25, -0.2) is 9.97 Å². The van der Waals surface area contributed by atoms with Gasteiger partial charge >= 0.3 is 6.18 Å². The molecule has 2 heterocycles. The molecule has 2 aliphatic rings. The summed E-state index contributed by atoms with van der Waals surface area (Å²) in [6.45, 7) is 0.483. The van der Waals surface area contributed by atoms with E-state index in [4.69, 9.17) is 4.74 Å². The van der Waals surface area contributed by atoms with Gasteiger partial charge in [-0.3, -0.25) is 10.1 Å². The third kappa shape index (κ3) is 3.06. The standard InChI is InChI=1S/C14H16F3N3O2/c15-14(16,17)11-8-4-1-2-5-9(8)18-13(19-11)20-12(21)10-6-3-7-22-10/h10H,1-7H2,(H,18,19,20,21). The number of aromatic nitrogens is 2. The first kappa shape index (κ1) is 15.2. The number of carbonyl (C=O) groups excluding carboxylic acids is 1. The molecule has 1 amide bonds. The molecule has 1 unspecified atom stereocenters. The summed E-state index contributed by atoms with van der Waals surface area (Å²) in [6, 6.07) is 0. The maximum atomic E-state index is 13.2. The number of rotatable bonds is 2. The van der Waals surface area contributed by atoms with Gasteiger partial charge in [-0.05, 0) is 38.5 Å². The van der Waals surface area contributed by atoms with Gasteiger partial charge in [0.05, 0.1) is 0 Å². The van der Waals surface area contributed by atoms with Gasteiger partial charge in [-0.1, -0.05) is 0 Å². The summed E-state index contributed by atoms with van der Waals surface area (Å²) < 4.78 is 44.7. The molecule has 22 heavy (non-hydrogen) atoms. The normalized spacial score (nSPS) is 21.5. The first-order chi connectivity index (χ1) is 10.4. The number of hydrogen-bond acceptors (Lipinski definition) is 4. The van der Waals surface area contributed by atoms with E-state index >= 15 is 0 Å². The average Bonchev–Trinajstić information content (AvgIpc) is 2.99. The summed E-state index contributed by atoms with van der Waals surface area (Å²) in [5.74, 6) is -0.769. The predicted molar refractivity (Wildman–Crippen MR) is 71.3 cm³/mol. The van der Waals surface area contributed by atoms with Crippen LogP contribution < -0.4 is 5.32 Å². The Kier molecular flexibility index (Phi) is 4.03. The zero-order chi connectivity index (χ0) is 15.7. The van der Waals surface area contributed by atoms with Gasteiger partial charge < -0.3 is 4.74 Å². The molecule has 8 heteroatoms. The van der Waals surface area contributed by atoms with Crippen LogP contribution in [-0.4, -0.2) is 28.6 Å². The minimum atomic E-state index is -4.55. The van der Waals surface area contributed by atoms with E-state index in [0.717, 1.165) is 12.8 Å². The van der Waals surface area contributed by atoms with E-state index in [0.29, 0.717) is 38.0 Å². The van der Waals surface area contributed by atoms with Crippen LogP contribution in [-0.2, 0) is 28.5 Å². The molecule has 0 bridgehead atoms. The zero-order valence-electron chi connectivity index (χ0n) is 11.9. The molecule has 1 saturated heterocycles. The Hall–Kier alpha value is -1.70. The first-order valence-corrected chi connectivity index (χ1v) is 7.34. The molecule has 1 N–H and O–H groups in total. The van der Waals surface area contributed by atoms with Crippen LogP contribution in [0.15, 0.2) is 0 Å². The number of nitrogens with zero attached hydrogens (tertiary/aromatic N) is 2. The summed E-state index contributed by atoms with van der Waals surface area (Å²) in [6.07, 6.45) is -1.57. The molecule has 0 spiro atoms. The summed E-state index contributed by atoms with van der Waals surface area (Å²) in [5, 5.41) is 2.36. The third-order valence-electron chi connectivity index (χ3n) is 3.91. The monoisotopic (exact) mass is 315 g/mol. The maximum absolute atomic E-state index is 13.2. The Bertz CT molecular complexity index is 583. The van der Waals surface area contributed by atoms with Crippen LogP contribution in [0.3, 0.4) is 0 Å². The number of carbonyl (C=O) groups is 1. The fraction of sp³-hybridized carbons (Fsp3) is 0.643. The summed E-state index contributed by atoms with van der Waals surface area (Å²) in [5.41, 5.74) is -0.384. The van der Waals surface area contributed by atoms with Crippen LogP contribution in [0.5, 0.6) is 0 Å². The number of alkyl halides is 3. The lowest BCUT2D eigenvalue weighted by Gasteiger charge is -2.20. The van der Waals surface area contributed by atoms with Gasteiger partial charge in [-0.2, -0.15) is 13.2 Å². The third-order valence-corrected chi connectivity index (χ3v) is 3.91. The molecule has 1 aromatic heterocycles. The topological polar surface area (TPSA) is 64.1 Å². The highest BCUT2D eigenvalue weighted by Gasteiger charge is 2.38. The highest BCUT2D eigenvalue weighted by molar-refractivity contribution is 5.92. The summed E-state index contributed by atoms with van der Waals surface area (Å²) >= 11 is 0. The van der Waals surface area contributed by atoms with E-state index in [1.807, 2.05) is 0 Å². The number of fused-ring (bicyclic) bond motifs is 1. The number of halogens is 3. The van der Waals surface area contributed by atoms with Crippen LogP contribution in [0.25, 0.3) is 0 Å². The highest BCUT2D eigenvalue weighted by atomic mass is 19.4. The molecular formula is C14H16F3N3O2. The van der Waals surface area contributed by atoms with Crippen molar-refractivity contribution in [3.05, 3.63) is 17.0 Å². The molecule has 1 aliphatic carbocycles. The molecule has 0 aromatic carbocycles. The van der Waals surface area contributed by atoms with Crippen molar-refractivity contribution in [2.24, 2.45) is 0 Å². The van der Waals surface area contributed by atoms with E-state index < -0.39 is 23.9 Å². The Morgan fingerprint density at radius 1 is 1.18 bits per heavy atom. The SMILES string of the molecule is O=C(Nc1nc2c(c(C(F)(F)F)n1)CCCC2)C1CCCO1. The molecule has 1 fully saturated rings. The lowest BCUT2D eigenvalue weighted by Crippen LogP contribution is -2.29. The highest BCUT2D eigenvalue weighted by Crippen LogP contribution is 2.35. The molecule has 1 aromatic rings. The Morgan fingerprint density at radius 2 is 1.95 bits per heavy atom. The van der Waals surface area contributed by atoms with E-state index in [2.05, 4.69) is 15.3 Å². The first-order valence-electron chi connectivity index (χ1n) is 7.34. The number of anilines is 1. The van der Waals surface area contributed by atoms with Gasteiger partial charge in [0.15, 0.2) is 5.69 Å². The minimum Gasteiger partial charge on any atom is -0.368 e. The summed E-state index contributed by atoms with van der Waals surface area (Å²) in [4.78, 5) is 19.6. The minimum absolute atomic E-state index is 0.161. The van der Waals surface area contributed by atoms with E-state index in [1.54, 1.807) is 0 Å². The largest absolute Gasteiger partial charge is 0.433 e. The van der Waals surface area contributed by atoms with Crippen molar-refractivity contribution in [1.82, 2.24) is 9.97 Å². The number of aryl methyl sites for hydroxylation is 1. The Labute approximate surface area is 125 Å². The second kappa shape index (κ2) is 5.83. The average molecular weight is 315 g/mol. The maximum Gasteiger partial charge on any atom is 0.433 e. The molecule has 0 saturated carbocycles. The number of hydrogen-bond donors (Lipinski definition) is 1. The fourth-order valence-corrected chi connectivity index (χ4v) is 2.86. The van der Waals surface area contributed by atoms with E-state index in [-0.39, 0.29) is 11.5 Å². The molecule has 3 rings (SSSR count). The molecule has 120 valence electrons. The Balaban J connectivity index is 1.89. The van der Waals surface area contributed by atoms with Crippen molar-refractivity contribution in [3.63, 3.8) is 0 Å². The zero-order valence-corrected chi connectivity index (χ0v) is 11.9. The second-order valence-corrected chi connectivity index (χ2v) is 5.52. The van der Waals surface area contributed by atoms with Crippen LogP contribution in [0.1, 0.15) is 42.6 Å². The van der Waals surface area contributed by atoms with Gasteiger partial charge in [-0.15, -0.1) is 0 Å². The van der Waals surface area contributed by atoms with Gasteiger partial charge in [0.25, 0.3) is 5.91 Å². The number of amides is 1. The van der Waals surface area contributed by atoms with Crippen molar-refractivity contribution < 1.29 is 22.7 Å². The van der Waals surface area contributed by atoms with Crippen LogP contribution in [0, 0.1) is 0 Å². The Morgan fingerprint density at radius 3 is 2.64 bits per heavy atom. The number of nitrogens with one attached hydrogen (secondary N) is 1. The van der Waals surface area contributed by atoms with Crippen molar-refractivity contribution in [2.45, 2.75) is 50.8 Å². The second-order valence-electron chi connectivity index (χ2n) is 5.52. The van der Waals surface area contributed by atoms with E-state index in [1.165, 1.54) is 0 Å². The van der Waals surface area contributed by atoms with Crippen molar-refractivity contribution >= 4 is 11.9 Å². The quantitative estimate of drug-likeness (QED) is 0.911. The summed E-state index contributed by atoms with van der Waals surface area (Å²) in [7, 11) is 0. The van der Waals surface area contributed by atoms with Gasteiger partial charge in [0.1, 0.15) is 6.10 Å². The molecule has 5 nitrogen and oxygen atoms in total. The lowest BCUT2D eigenvalue weighted by molar-refractivity contribution is -0.142. The van der Waals surface area contributed by atoms with Gasteiger partial charge in [0, 0.05) is 17.9 Å². The van der Waals surface area contributed by atoms with Crippen molar-refractivity contribution in [3.8, 4) is 0 Å². The number of ether oxygens (including phenoxy) is 1. The fourth-order valence-electron chi connectivity index (χ4n) is 2.86. The van der Waals surface area contributed by atoms with Gasteiger partial charge in [0.2, 0.25) is 5.95 Å². The molecular weight excluding hydrogens is 299 g/mol. The predicted octanol–water partition coefficient (Wildman–Crippen LogP) is 2.49. The van der Waals surface area contributed by atoms with Crippen LogP contribution in [0.2, 0.25) is 0 Å². The van der Waals surface area contributed by atoms with Crippen LogP contribution in [0.4, 0.5) is 19.1 Å². The van der Waals surface area contributed by atoms with Crippen molar-refractivity contribution in [1.29, 1.82) is 0 Å². The van der Waals surface area contributed by atoms with Crippen molar-refractivity contribution in [2.75, 3.05) is 11.9 Å².